The molecule has 1 fully saturated rings. The molecule has 1 aliphatic heterocycles. The monoisotopic (exact) mass is 479 g/mol. The number of nitrogens with two attached hydrogens (primary N) is 1. The summed E-state index contributed by atoms with van der Waals surface area (Å²) in [5.41, 5.74) is 7.27. The van der Waals surface area contributed by atoms with Gasteiger partial charge in [-0.3, -0.25) is 14.2 Å². The van der Waals surface area contributed by atoms with Gasteiger partial charge in [-0.15, -0.1) is 10.2 Å². The van der Waals surface area contributed by atoms with Gasteiger partial charge in [0.2, 0.25) is 11.8 Å². The number of rotatable bonds is 9. The number of thioether (sulfide) groups is 1. The predicted octanol–water partition coefficient (Wildman–Crippen LogP) is 3.54. The van der Waals surface area contributed by atoms with Gasteiger partial charge in [-0.1, -0.05) is 42.1 Å². The van der Waals surface area contributed by atoms with Crippen molar-refractivity contribution in [2.75, 3.05) is 26.0 Å². The van der Waals surface area contributed by atoms with Gasteiger partial charge in [0.15, 0.2) is 11.0 Å². The van der Waals surface area contributed by atoms with E-state index in [1.54, 1.807) is 18.9 Å². The quantitative estimate of drug-likeness (QED) is 0.372. The lowest BCUT2D eigenvalue weighted by Gasteiger charge is -2.30. The van der Waals surface area contributed by atoms with Gasteiger partial charge in [-0.2, -0.15) is 0 Å². The standard InChI is InChI=1S/C25H29N5O3S/c1-33-21-10-5-7-19(17-21)24-27-28-25(30(24)20-8-3-2-4-9-20)34-16-6-11-22(31)29-14-12-18(13-15-29)23(26)32/h2-5,7-10,17-18H,6,11-16H2,1H3,(H2,26,32). The maximum atomic E-state index is 12.6. The van der Waals surface area contributed by atoms with E-state index in [4.69, 9.17) is 10.5 Å². The Morgan fingerprint density at radius 2 is 1.85 bits per heavy atom. The number of carbonyl (C=O) groups is 2. The highest BCUT2D eigenvalue weighted by molar-refractivity contribution is 7.99. The van der Waals surface area contributed by atoms with E-state index in [0.717, 1.165) is 40.2 Å². The van der Waals surface area contributed by atoms with Crippen molar-refractivity contribution in [1.29, 1.82) is 0 Å². The van der Waals surface area contributed by atoms with Crippen molar-refractivity contribution in [1.82, 2.24) is 19.7 Å². The van der Waals surface area contributed by atoms with Crippen LogP contribution >= 0.6 is 11.8 Å². The number of primary amides is 1. The second-order valence-electron chi connectivity index (χ2n) is 8.22. The smallest absolute Gasteiger partial charge is 0.222 e. The van der Waals surface area contributed by atoms with Gasteiger partial charge < -0.3 is 15.4 Å². The SMILES string of the molecule is COc1cccc(-c2nnc(SCCCC(=O)N3CCC(C(N)=O)CC3)n2-c2ccccc2)c1. The van der Waals surface area contributed by atoms with E-state index in [2.05, 4.69) is 10.2 Å². The molecule has 178 valence electrons. The molecule has 0 aliphatic carbocycles. The zero-order valence-corrected chi connectivity index (χ0v) is 20.0. The summed E-state index contributed by atoms with van der Waals surface area (Å²) < 4.78 is 7.41. The molecule has 8 nitrogen and oxygen atoms in total. The van der Waals surface area contributed by atoms with Crippen LogP contribution in [0.15, 0.2) is 59.8 Å². The summed E-state index contributed by atoms with van der Waals surface area (Å²) in [4.78, 5) is 25.8. The topological polar surface area (TPSA) is 103 Å². The minimum atomic E-state index is -0.264. The molecular weight excluding hydrogens is 450 g/mol. The summed E-state index contributed by atoms with van der Waals surface area (Å²) in [5, 5.41) is 9.70. The Kier molecular flexibility index (Phi) is 7.84. The van der Waals surface area contributed by atoms with Crippen LogP contribution in [-0.4, -0.2) is 57.4 Å². The van der Waals surface area contributed by atoms with E-state index in [1.165, 1.54) is 0 Å². The normalized spacial score (nSPS) is 14.2. The number of methoxy groups -OCH3 is 1. The van der Waals surface area contributed by atoms with Crippen LogP contribution in [0, 0.1) is 5.92 Å². The highest BCUT2D eigenvalue weighted by Crippen LogP contribution is 2.30. The number of aromatic nitrogens is 3. The Morgan fingerprint density at radius 1 is 1.09 bits per heavy atom. The molecule has 34 heavy (non-hydrogen) atoms. The van der Waals surface area contributed by atoms with Crippen LogP contribution in [0.25, 0.3) is 17.1 Å². The molecule has 9 heteroatoms. The maximum Gasteiger partial charge on any atom is 0.222 e. The van der Waals surface area contributed by atoms with Crippen molar-refractivity contribution in [3.63, 3.8) is 0 Å². The molecule has 0 radical (unpaired) electrons. The second kappa shape index (κ2) is 11.2. The molecule has 2 amide bonds. The second-order valence-corrected chi connectivity index (χ2v) is 9.28. The van der Waals surface area contributed by atoms with Gasteiger partial charge in [0.05, 0.1) is 7.11 Å². The number of piperidine rings is 1. The molecule has 0 atom stereocenters. The Bertz CT molecular complexity index is 1130. The van der Waals surface area contributed by atoms with Crippen LogP contribution in [0.5, 0.6) is 5.75 Å². The first-order chi connectivity index (χ1) is 16.6. The number of benzene rings is 2. The lowest BCUT2D eigenvalue weighted by Crippen LogP contribution is -2.41. The van der Waals surface area contributed by atoms with Gasteiger partial charge in [-0.05, 0) is 43.5 Å². The van der Waals surface area contributed by atoms with Crippen LogP contribution in [0.3, 0.4) is 0 Å². The first-order valence-corrected chi connectivity index (χ1v) is 12.4. The van der Waals surface area contributed by atoms with E-state index < -0.39 is 0 Å². The van der Waals surface area contributed by atoms with Gasteiger partial charge in [-0.25, -0.2) is 0 Å². The third-order valence-corrected chi connectivity index (χ3v) is 7.01. The Hall–Kier alpha value is -3.33. The summed E-state index contributed by atoms with van der Waals surface area (Å²) in [6.45, 7) is 1.21. The van der Waals surface area contributed by atoms with Gasteiger partial charge in [0, 0.05) is 42.4 Å². The highest BCUT2D eigenvalue weighted by atomic mass is 32.2. The van der Waals surface area contributed by atoms with Crippen molar-refractivity contribution in [2.45, 2.75) is 30.8 Å². The minimum absolute atomic E-state index is 0.109. The summed E-state index contributed by atoms with van der Waals surface area (Å²) >= 11 is 1.59. The highest BCUT2D eigenvalue weighted by Gasteiger charge is 2.25. The fraction of sp³-hybridized carbons (Fsp3) is 0.360. The first-order valence-electron chi connectivity index (χ1n) is 11.4. The van der Waals surface area contributed by atoms with E-state index >= 15 is 0 Å². The Balaban J connectivity index is 1.41. The third-order valence-electron chi connectivity index (χ3n) is 5.99. The lowest BCUT2D eigenvalue weighted by molar-refractivity contribution is -0.134. The van der Waals surface area contributed by atoms with Crippen molar-refractivity contribution >= 4 is 23.6 Å². The number of likely N-dealkylation sites (tertiary alicyclic amines) is 1. The Labute approximate surface area is 203 Å². The van der Waals surface area contributed by atoms with Gasteiger partial charge in [0.25, 0.3) is 0 Å². The molecule has 2 aromatic carbocycles. The third kappa shape index (κ3) is 5.59. The van der Waals surface area contributed by atoms with E-state index in [9.17, 15) is 9.59 Å². The van der Waals surface area contributed by atoms with Crippen molar-refractivity contribution in [2.24, 2.45) is 11.7 Å². The average Bonchev–Trinajstić information content (AvgIpc) is 3.31. The molecule has 0 saturated carbocycles. The number of hydrogen-bond donors (Lipinski definition) is 1. The molecule has 1 aliphatic rings. The summed E-state index contributed by atoms with van der Waals surface area (Å²) in [7, 11) is 1.64. The molecule has 0 spiro atoms. The fourth-order valence-corrected chi connectivity index (χ4v) is 4.97. The van der Waals surface area contributed by atoms with Gasteiger partial charge >= 0.3 is 0 Å². The summed E-state index contributed by atoms with van der Waals surface area (Å²) in [5.74, 6) is 1.99. The molecule has 2 N–H and O–H groups in total. The Morgan fingerprint density at radius 3 is 2.56 bits per heavy atom. The predicted molar refractivity (Wildman–Crippen MR) is 132 cm³/mol. The zero-order valence-electron chi connectivity index (χ0n) is 19.2. The van der Waals surface area contributed by atoms with Crippen molar-refractivity contribution in [3.8, 4) is 22.8 Å². The maximum absolute atomic E-state index is 12.6. The van der Waals surface area contributed by atoms with E-state index in [-0.39, 0.29) is 17.7 Å². The van der Waals surface area contributed by atoms with Crippen molar-refractivity contribution < 1.29 is 14.3 Å². The van der Waals surface area contributed by atoms with Crippen LogP contribution in [0.2, 0.25) is 0 Å². The molecule has 2 heterocycles. The molecule has 1 saturated heterocycles. The summed E-state index contributed by atoms with van der Waals surface area (Å²) in [6, 6.07) is 17.8. The van der Waals surface area contributed by atoms with Crippen LogP contribution < -0.4 is 10.5 Å². The van der Waals surface area contributed by atoms with Crippen molar-refractivity contribution in [3.05, 3.63) is 54.6 Å². The first kappa shape index (κ1) is 23.8. The van der Waals surface area contributed by atoms with Crippen LogP contribution in [-0.2, 0) is 9.59 Å². The number of ether oxygens (including phenoxy) is 1. The largest absolute Gasteiger partial charge is 0.497 e. The average molecular weight is 480 g/mol. The van der Waals surface area contributed by atoms with Crippen LogP contribution in [0.1, 0.15) is 25.7 Å². The number of para-hydroxylation sites is 1. The van der Waals surface area contributed by atoms with E-state index in [1.807, 2.05) is 64.1 Å². The number of carbonyl (C=O) groups excluding carboxylic acids is 2. The molecule has 0 unspecified atom stereocenters. The number of amides is 2. The van der Waals surface area contributed by atoms with E-state index in [0.29, 0.717) is 32.4 Å². The molecule has 4 rings (SSSR count). The molecular formula is C25H29N5O3S. The van der Waals surface area contributed by atoms with Crippen LogP contribution in [0.4, 0.5) is 0 Å². The minimum Gasteiger partial charge on any atom is -0.497 e. The lowest BCUT2D eigenvalue weighted by atomic mass is 9.96. The molecule has 1 aromatic heterocycles. The van der Waals surface area contributed by atoms with Gasteiger partial charge in [0.1, 0.15) is 5.75 Å². The summed E-state index contributed by atoms with van der Waals surface area (Å²) in [6.07, 6.45) is 2.51. The molecule has 3 aromatic rings. The zero-order chi connectivity index (χ0) is 23.9. The fourth-order valence-electron chi connectivity index (χ4n) is 4.08. The number of hydrogen-bond acceptors (Lipinski definition) is 6. The number of nitrogens with zero attached hydrogens (tertiary/aromatic N) is 4. The molecule has 0 bridgehead atoms.